The number of nitrogens with zero attached hydrogens (tertiary/aromatic N) is 1. The van der Waals surface area contributed by atoms with Crippen molar-refractivity contribution in [2.24, 2.45) is 10.9 Å². The highest BCUT2D eigenvalue weighted by atomic mass is 35.5. The predicted octanol–water partition coefficient (Wildman–Crippen LogP) is 4.67. The van der Waals surface area contributed by atoms with Crippen molar-refractivity contribution < 1.29 is 4.79 Å². The van der Waals surface area contributed by atoms with Gasteiger partial charge in [0.15, 0.2) is 5.78 Å². The highest BCUT2D eigenvalue weighted by molar-refractivity contribution is 6.34. The summed E-state index contributed by atoms with van der Waals surface area (Å²) in [5.41, 5.74) is 1.62. The number of aliphatic imine (C=N–C) groups is 1. The molecule has 2 aromatic carbocycles. The van der Waals surface area contributed by atoms with Gasteiger partial charge in [0.25, 0.3) is 0 Å². The van der Waals surface area contributed by atoms with Crippen LogP contribution in [0.2, 0.25) is 5.02 Å². The normalized spacial score (nSPS) is 12.5. The van der Waals surface area contributed by atoms with E-state index in [-0.39, 0.29) is 11.7 Å². The minimum atomic E-state index is -0.134. The van der Waals surface area contributed by atoms with Crippen molar-refractivity contribution >= 4 is 23.6 Å². The first-order valence-electron chi connectivity index (χ1n) is 7.06. The zero-order chi connectivity index (χ0) is 15.1. The highest BCUT2D eigenvalue weighted by Gasteiger charge is 2.19. The number of benzene rings is 2. The van der Waals surface area contributed by atoms with Gasteiger partial charge in [-0.3, -0.25) is 9.79 Å². The van der Waals surface area contributed by atoms with Crippen LogP contribution in [0, 0.1) is 5.92 Å². The molecule has 0 fully saturated rings. The molecule has 0 heterocycles. The maximum Gasteiger partial charge on any atom is 0.169 e. The molecule has 2 nitrogen and oxygen atoms in total. The van der Waals surface area contributed by atoms with Crippen molar-refractivity contribution in [1.29, 1.82) is 0 Å². The van der Waals surface area contributed by atoms with E-state index in [1.165, 1.54) is 0 Å². The Hall–Kier alpha value is -1.93. The number of hydrogen-bond donors (Lipinski definition) is 0. The molecular formula is C18H18ClNO. The van der Waals surface area contributed by atoms with Gasteiger partial charge in [0.05, 0.1) is 5.02 Å². The maximum absolute atomic E-state index is 12.5. The van der Waals surface area contributed by atoms with Crippen LogP contribution in [0.4, 0.5) is 0 Å². The van der Waals surface area contributed by atoms with Crippen molar-refractivity contribution in [3.8, 4) is 0 Å². The average Bonchev–Trinajstić information content (AvgIpc) is 2.52. The van der Waals surface area contributed by atoms with E-state index in [2.05, 4.69) is 4.99 Å². The van der Waals surface area contributed by atoms with Crippen LogP contribution in [0.3, 0.4) is 0 Å². The SMILES string of the molecule is CCC(C/N=C/c1ccccc1)C(=O)c1ccccc1Cl. The molecule has 0 aliphatic rings. The average molecular weight is 300 g/mol. The number of carbonyl (C=O) groups is 1. The van der Waals surface area contributed by atoms with E-state index in [9.17, 15) is 4.79 Å². The van der Waals surface area contributed by atoms with Gasteiger partial charge >= 0.3 is 0 Å². The second-order valence-electron chi connectivity index (χ2n) is 4.85. The number of Topliss-reactive ketones (excluding diaryl/α,β-unsaturated/α-hetero) is 1. The molecule has 0 amide bonds. The smallest absolute Gasteiger partial charge is 0.169 e. The van der Waals surface area contributed by atoms with Gasteiger partial charge in [0.2, 0.25) is 0 Å². The van der Waals surface area contributed by atoms with Crippen LogP contribution >= 0.6 is 11.6 Å². The third kappa shape index (κ3) is 4.27. The molecule has 2 rings (SSSR count). The summed E-state index contributed by atoms with van der Waals surface area (Å²) in [6, 6.07) is 17.0. The van der Waals surface area contributed by atoms with E-state index in [1.807, 2.05) is 55.6 Å². The number of ketones is 1. The fourth-order valence-corrected chi connectivity index (χ4v) is 2.33. The van der Waals surface area contributed by atoms with E-state index in [0.29, 0.717) is 17.1 Å². The van der Waals surface area contributed by atoms with E-state index in [4.69, 9.17) is 11.6 Å². The van der Waals surface area contributed by atoms with Crippen LogP contribution < -0.4 is 0 Å². The minimum absolute atomic E-state index is 0.0633. The van der Waals surface area contributed by atoms with Crippen LogP contribution in [0.5, 0.6) is 0 Å². The van der Waals surface area contributed by atoms with Gasteiger partial charge in [0.1, 0.15) is 0 Å². The lowest BCUT2D eigenvalue weighted by Gasteiger charge is -2.12. The summed E-state index contributed by atoms with van der Waals surface area (Å²) in [6.07, 6.45) is 2.55. The number of hydrogen-bond acceptors (Lipinski definition) is 2. The molecule has 0 aliphatic carbocycles. The molecule has 3 heteroatoms. The van der Waals surface area contributed by atoms with Crippen molar-refractivity contribution in [2.45, 2.75) is 13.3 Å². The van der Waals surface area contributed by atoms with Crippen LogP contribution in [-0.2, 0) is 0 Å². The number of rotatable bonds is 6. The molecule has 0 aromatic heterocycles. The first-order chi connectivity index (χ1) is 10.2. The standard InChI is InChI=1S/C18H18ClNO/c1-2-15(13-20-12-14-8-4-3-5-9-14)18(21)16-10-6-7-11-17(16)19/h3-12,15H,2,13H2,1H3/b20-12+. The Morgan fingerprint density at radius 1 is 1.14 bits per heavy atom. The molecule has 108 valence electrons. The Morgan fingerprint density at radius 2 is 1.81 bits per heavy atom. The third-order valence-corrected chi connectivity index (χ3v) is 3.70. The topological polar surface area (TPSA) is 29.4 Å². The number of carbonyl (C=O) groups excluding carboxylic acids is 1. The first-order valence-corrected chi connectivity index (χ1v) is 7.43. The predicted molar refractivity (Wildman–Crippen MR) is 88.5 cm³/mol. The summed E-state index contributed by atoms with van der Waals surface area (Å²) < 4.78 is 0. The van der Waals surface area contributed by atoms with E-state index < -0.39 is 0 Å². The monoisotopic (exact) mass is 299 g/mol. The quantitative estimate of drug-likeness (QED) is 0.563. The van der Waals surface area contributed by atoms with Gasteiger partial charge in [-0.15, -0.1) is 0 Å². The molecule has 0 radical (unpaired) electrons. The molecule has 0 N–H and O–H groups in total. The third-order valence-electron chi connectivity index (χ3n) is 3.37. The molecule has 0 spiro atoms. The first kappa shape index (κ1) is 15.5. The van der Waals surface area contributed by atoms with Crippen LogP contribution in [0.1, 0.15) is 29.3 Å². The Labute approximate surface area is 130 Å². The van der Waals surface area contributed by atoms with Gasteiger partial charge in [-0.2, -0.15) is 0 Å². The Morgan fingerprint density at radius 3 is 2.48 bits per heavy atom. The highest BCUT2D eigenvalue weighted by Crippen LogP contribution is 2.20. The molecule has 0 bridgehead atoms. The molecule has 1 unspecified atom stereocenters. The Kier molecular flexibility index (Phi) is 5.70. The van der Waals surface area contributed by atoms with Crippen LogP contribution in [-0.4, -0.2) is 18.5 Å². The summed E-state index contributed by atoms with van der Waals surface area (Å²) >= 11 is 6.09. The second kappa shape index (κ2) is 7.75. The molecular weight excluding hydrogens is 282 g/mol. The lowest BCUT2D eigenvalue weighted by Crippen LogP contribution is -2.17. The van der Waals surface area contributed by atoms with Gasteiger partial charge < -0.3 is 0 Å². The fraction of sp³-hybridized carbons (Fsp3) is 0.222. The Bertz CT molecular complexity index is 622. The summed E-state index contributed by atoms with van der Waals surface area (Å²) in [5, 5.41) is 0.507. The van der Waals surface area contributed by atoms with Gasteiger partial charge in [-0.05, 0) is 24.1 Å². The summed E-state index contributed by atoms with van der Waals surface area (Å²) in [7, 11) is 0. The van der Waals surface area contributed by atoms with E-state index >= 15 is 0 Å². The van der Waals surface area contributed by atoms with Crippen molar-refractivity contribution in [3.05, 3.63) is 70.7 Å². The van der Waals surface area contributed by atoms with E-state index in [1.54, 1.807) is 12.1 Å². The molecule has 0 saturated carbocycles. The van der Waals surface area contributed by atoms with Gasteiger partial charge in [0, 0.05) is 24.2 Å². The minimum Gasteiger partial charge on any atom is -0.294 e. The zero-order valence-electron chi connectivity index (χ0n) is 12.0. The maximum atomic E-state index is 12.5. The van der Waals surface area contributed by atoms with Crippen LogP contribution in [0.15, 0.2) is 59.6 Å². The van der Waals surface area contributed by atoms with Gasteiger partial charge in [-0.25, -0.2) is 0 Å². The van der Waals surface area contributed by atoms with Gasteiger partial charge in [-0.1, -0.05) is 61.0 Å². The molecule has 2 aromatic rings. The molecule has 0 saturated heterocycles. The lowest BCUT2D eigenvalue weighted by atomic mass is 9.95. The van der Waals surface area contributed by atoms with Crippen molar-refractivity contribution in [2.75, 3.05) is 6.54 Å². The zero-order valence-corrected chi connectivity index (χ0v) is 12.8. The van der Waals surface area contributed by atoms with Crippen LogP contribution in [0.25, 0.3) is 0 Å². The van der Waals surface area contributed by atoms with E-state index in [0.717, 1.165) is 12.0 Å². The number of halogens is 1. The summed E-state index contributed by atoms with van der Waals surface area (Å²) in [6.45, 7) is 2.48. The largest absolute Gasteiger partial charge is 0.294 e. The summed E-state index contributed by atoms with van der Waals surface area (Å²) in [4.78, 5) is 16.9. The van der Waals surface area contributed by atoms with Crippen molar-refractivity contribution in [1.82, 2.24) is 0 Å². The lowest BCUT2D eigenvalue weighted by molar-refractivity contribution is 0.0922. The molecule has 1 atom stereocenters. The molecule has 0 aliphatic heterocycles. The second-order valence-corrected chi connectivity index (χ2v) is 5.26. The molecule has 21 heavy (non-hydrogen) atoms. The van der Waals surface area contributed by atoms with Crippen molar-refractivity contribution in [3.63, 3.8) is 0 Å². The fourth-order valence-electron chi connectivity index (χ4n) is 2.10. The Balaban J connectivity index is 2.05. The summed E-state index contributed by atoms with van der Waals surface area (Å²) in [5.74, 6) is -0.0711.